The molecule has 3 unspecified atom stereocenters. The van der Waals surface area contributed by atoms with Crippen molar-refractivity contribution in [3.8, 4) is 0 Å². The van der Waals surface area contributed by atoms with Gasteiger partial charge >= 0.3 is 11.9 Å². The Kier molecular flexibility index (Phi) is 5.74. The lowest BCUT2D eigenvalue weighted by atomic mass is 9.43. The zero-order valence-electron chi connectivity index (χ0n) is 19.4. The van der Waals surface area contributed by atoms with E-state index in [2.05, 4.69) is 13.8 Å². The minimum absolute atomic E-state index is 0.0627. The largest absolute Gasteiger partial charge is 0.469 e. The van der Waals surface area contributed by atoms with Crippen LogP contribution in [0.1, 0.15) is 79.1 Å². The Bertz CT molecular complexity index is 691. The van der Waals surface area contributed by atoms with E-state index in [-0.39, 0.29) is 46.8 Å². The maximum absolute atomic E-state index is 12.3. The first-order valence-electron chi connectivity index (χ1n) is 12.1. The molecule has 0 saturated heterocycles. The Morgan fingerprint density at radius 3 is 2.43 bits per heavy atom. The number of aliphatic hydroxyl groups is 1. The molecule has 4 fully saturated rings. The van der Waals surface area contributed by atoms with E-state index in [1.165, 1.54) is 26.9 Å². The van der Waals surface area contributed by atoms with Crippen LogP contribution in [0.2, 0.25) is 0 Å². The maximum atomic E-state index is 12.3. The molecule has 1 N–H and O–H groups in total. The smallest absolute Gasteiger partial charge is 0.308 e. The highest BCUT2D eigenvalue weighted by atomic mass is 16.5. The fourth-order valence-corrected chi connectivity index (χ4v) is 8.73. The van der Waals surface area contributed by atoms with Crippen LogP contribution in [0.15, 0.2) is 0 Å². The number of rotatable bonds is 3. The minimum atomic E-state index is -0.370. The Morgan fingerprint density at radius 2 is 1.77 bits per heavy atom. The van der Waals surface area contributed by atoms with Gasteiger partial charge in [-0.25, -0.2) is 0 Å². The summed E-state index contributed by atoms with van der Waals surface area (Å²) in [5.41, 5.74) is 0.0147. The third kappa shape index (κ3) is 3.22. The molecule has 0 bridgehead atoms. The molecule has 4 rings (SSSR count). The van der Waals surface area contributed by atoms with Gasteiger partial charge in [0.15, 0.2) is 0 Å². The van der Waals surface area contributed by atoms with Crippen LogP contribution < -0.4 is 0 Å². The van der Waals surface area contributed by atoms with Crippen molar-refractivity contribution in [2.45, 2.75) is 91.3 Å². The van der Waals surface area contributed by atoms with E-state index in [1.807, 2.05) is 6.92 Å². The molecule has 0 aromatic heterocycles. The average Bonchev–Trinajstić information content (AvgIpc) is 3.06. The number of carbonyl (C=O) groups excluding carboxylic acids is 2. The van der Waals surface area contributed by atoms with E-state index >= 15 is 0 Å². The second-order valence-electron chi connectivity index (χ2n) is 11.3. The highest BCUT2D eigenvalue weighted by Gasteiger charge is 2.64. The molecule has 0 radical (unpaired) electrons. The number of esters is 2. The molecule has 0 aliphatic heterocycles. The first kappa shape index (κ1) is 22.1. The fraction of sp³-hybridized carbons (Fsp3) is 0.920. The standard InChI is InChI=1S/C25H40O5/c1-14(23(28)29-5)19-8-9-20-18-7-6-16-12-17(30-15(2)26)10-11-24(16,3)21(18)13-22(27)25(19,20)4/h14,16-22,27H,6-13H2,1-5H3/t14-,16-,17-,18?,19-,20?,21?,22+,24+,25-/m1/s1. The van der Waals surface area contributed by atoms with E-state index in [1.54, 1.807) is 0 Å². The van der Waals surface area contributed by atoms with Crippen molar-refractivity contribution >= 4 is 11.9 Å². The van der Waals surface area contributed by atoms with Crippen molar-refractivity contribution in [2.75, 3.05) is 7.11 Å². The van der Waals surface area contributed by atoms with Crippen molar-refractivity contribution in [1.29, 1.82) is 0 Å². The van der Waals surface area contributed by atoms with Crippen LogP contribution in [0.5, 0.6) is 0 Å². The number of methoxy groups -OCH3 is 1. The summed E-state index contributed by atoms with van der Waals surface area (Å²) in [7, 11) is 1.47. The number of ether oxygens (including phenoxy) is 2. The van der Waals surface area contributed by atoms with E-state index in [0.717, 1.165) is 38.5 Å². The van der Waals surface area contributed by atoms with Crippen LogP contribution in [-0.4, -0.2) is 36.4 Å². The van der Waals surface area contributed by atoms with E-state index in [9.17, 15) is 14.7 Å². The van der Waals surface area contributed by atoms with Gasteiger partial charge in [0.2, 0.25) is 0 Å². The van der Waals surface area contributed by atoms with Crippen molar-refractivity contribution in [2.24, 2.45) is 46.3 Å². The third-order valence-electron chi connectivity index (χ3n) is 10.3. The molecule has 170 valence electrons. The lowest BCUT2D eigenvalue weighted by Crippen LogP contribution is -2.59. The molecule has 10 atom stereocenters. The van der Waals surface area contributed by atoms with Crippen LogP contribution in [0, 0.1) is 46.3 Å². The summed E-state index contributed by atoms with van der Waals surface area (Å²) in [6.45, 7) is 8.19. The number of fused-ring (bicyclic) bond motifs is 5. The first-order valence-corrected chi connectivity index (χ1v) is 12.1. The van der Waals surface area contributed by atoms with Crippen LogP contribution in [-0.2, 0) is 19.1 Å². The molecule has 30 heavy (non-hydrogen) atoms. The highest BCUT2D eigenvalue weighted by Crippen LogP contribution is 2.68. The zero-order valence-corrected chi connectivity index (χ0v) is 19.4. The highest BCUT2D eigenvalue weighted by molar-refractivity contribution is 5.72. The average molecular weight is 421 g/mol. The number of aliphatic hydroxyl groups excluding tert-OH is 1. The predicted molar refractivity (Wildman–Crippen MR) is 113 cm³/mol. The summed E-state index contributed by atoms with van der Waals surface area (Å²) in [5.74, 6) is 1.91. The molecule has 4 aliphatic carbocycles. The van der Waals surface area contributed by atoms with Crippen molar-refractivity contribution in [3.05, 3.63) is 0 Å². The molecular formula is C25H40O5. The molecule has 0 aromatic rings. The van der Waals surface area contributed by atoms with Crippen molar-refractivity contribution in [1.82, 2.24) is 0 Å². The van der Waals surface area contributed by atoms with Gasteiger partial charge in [0.25, 0.3) is 0 Å². The van der Waals surface area contributed by atoms with Gasteiger partial charge < -0.3 is 14.6 Å². The molecule has 0 aromatic carbocycles. The number of hydrogen-bond donors (Lipinski definition) is 1. The summed E-state index contributed by atoms with van der Waals surface area (Å²) in [4.78, 5) is 23.8. The topological polar surface area (TPSA) is 72.8 Å². The van der Waals surface area contributed by atoms with Gasteiger partial charge in [-0.05, 0) is 86.4 Å². The first-order chi connectivity index (χ1) is 14.1. The normalized spacial score (nSPS) is 48.7. The Morgan fingerprint density at radius 1 is 1.03 bits per heavy atom. The van der Waals surface area contributed by atoms with Crippen LogP contribution in [0.25, 0.3) is 0 Å². The predicted octanol–water partition coefficient (Wildman–Crippen LogP) is 4.36. The lowest BCUT2D eigenvalue weighted by molar-refractivity contribution is -0.183. The minimum Gasteiger partial charge on any atom is -0.469 e. The summed E-state index contributed by atoms with van der Waals surface area (Å²) in [6.07, 6.45) is 8.03. The second-order valence-corrected chi connectivity index (χ2v) is 11.3. The zero-order chi connectivity index (χ0) is 21.8. The van der Waals surface area contributed by atoms with Gasteiger partial charge in [0.05, 0.1) is 19.1 Å². The van der Waals surface area contributed by atoms with E-state index in [0.29, 0.717) is 23.7 Å². The van der Waals surface area contributed by atoms with Crippen molar-refractivity contribution in [3.63, 3.8) is 0 Å². The van der Waals surface area contributed by atoms with Gasteiger partial charge in [-0.3, -0.25) is 9.59 Å². The summed E-state index contributed by atoms with van der Waals surface area (Å²) >= 11 is 0. The Balaban J connectivity index is 1.56. The number of hydrogen-bond acceptors (Lipinski definition) is 5. The number of carbonyl (C=O) groups is 2. The molecule has 4 aliphatic rings. The molecule has 0 heterocycles. The maximum Gasteiger partial charge on any atom is 0.308 e. The van der Waals surface area contributed by atoms with Crippen molar-refractivity contribution < 1.29 is 24.2 Å². The molecule has 4 saturated carbocycles. The fourth-order valence-electron chi connectivity index (χ4n) is 8.73. The molecule has 5 nitrogen and oxygen atoms in total. The van der Waals surface area contributed by atoms with Gasteiger partial charge in [0.1, 0.15) is 6.10 Å². The second kappa shape index (κ2) is 7.79. The van der Waals surface area contributed by atoms with E-state index < -0.39 is 0 Å². The summed E-state index contributed by atoms with van der Waals surface area (Å²) < 4.78 is 10.6. The van der Waals surface area contributed by atoms with Crippen LogP contribution in [0.4, 0.5) is 0 Å². The summed E-state index contributed by atoms with van der Waals surface area (Å²) in [5, 5.41) is 11.5. The molecular weight excluding hydrogens is 380 g/mol. The molecule has 0 spiro atoms. The SMILES string of the molecule is COC(=O)[C@H](C)[C@H]1CCC2C3CC[C@@H]4C[C@H](OC(C)=O)CC[C@]4(C)C3C[C@H](O)[C@@]21C. The molecule has 5 heteroatoms. The Labute approximate surface area is 181 Å². The molecule has 0 amide bonds. The van der Waals surface area contributed by atoms with Crippen LogP contribution >= 0.6 is 0 Å². The monoisotopic (exact) mass is 420 g/mol. The van der Waals surface area contributed by atoms with Gasteiger partial charge in [0, 0.05) is 12.3 Å². The van der Waals surface area contributed by atoms with Gasteiger partial charge in [-0.2, -0.15) is 0 Å². The van der Waals surface area contributed by atoms with E-state index in [4.69, 9.17) is 9.47 Å². The quantitative estimate of drug-likeness (QED) is 0.687. The Hall–Kier alpha value is -1.10. The third-order valence-corrected chi connectivity index (χ3v) is 10.3. The lowest BCUT2D eigenvalue weighted by Gasteiger charge is -2.62. The van der Waals surface area contributed by atoms with Gasteiger partial charge in [-0.1, -0.05) is 20.8 Å². The van der Waals surface area contributed by atoms with Crippen LogP contribution in [0.3, 0.4) is 0 Å². The summed E-state index contributed by atoms with van der Waals surface area (Å²) in [6, 6.07) is 0. The van der Waals surface area contributed by atoms with Gasteiger partial charge in [-0.15, -0.1) is 0 Å².